The summed E-state index contributed by atoms with van der Waals surface area (Å²) < 4.78 is 19.3. The summed E-state index contributed by atoms with van der Waals surface area (Å²) in [6, 6.07) is 17.3. The van der Waals surface area contributed by atoms with Crippen molar-refractivity contribution in [2.75, 3.05) is 12.0 Å². The van der Waals surface area contributed by atoms with Crippen molar-refractivity contribution in [2.24, 2.45) is 0 Å². The van der Waals surface area contributed by atoms with E-state index >= 15 is 0 Å². The lowest BCUT2D eigenvalue weighted by molar-refractivity contribution is -0.132. The van der Waals surface area contributed by atoms with E-state index in [1.54, 1.807) is 30.3 Å². The summed E-state index contributed by atoms with van der Waals surface area (Å²) in [5.74, 6) is -2.51. The van der Waals surface area contributed by atoms with Gasteiger partial charge in [-0.15, -0.1) is 0 Å². The minimum absolute atomic E-state index is 0.00654. The van der Waals surface area contributed by atoms with Gasteiger partial charge in [0.15, 0.2) is 0 Å². The van der Waals surface area contributed by atoms with E-state index in [0.717, 1.165) is 17.2 Å². The predicted octanol–water partition coefficient (Wildman–Crippen LogP) is 5.08. The van der Waals surface area contributed by atoms with Gasteiger partial charge in [0.2, 0.25) is 0 Å². The third-order valence-electron chi connectivity index (χ3n) is 5.59. The summed E-state index contributed by atoms with van der Waals surface area (Å²) in [6.45, 7) is 3.80. The number of aryl methyl sites for hydroxylation is 2. The Morgan fingerprint density at radius 1 is 1.00 bits per heavy atom. The summed E-state index contributed by atoms with van der Waals surface area (Å²) in [4.78, 5) is 27.8. The molecule has 1 unspecified atom stereocenters. The third-order valence-corrected chi connectivity index (χ3v) is 5.59. The number of hydrogen-bond donors (Lipinski definition) is 1. The number of methoxy groups -OCH3 is 1. The molecule has 1 N–H and O–H groups in total. The Hall–Kier alpha value is -3.93. The molecule has 1 saturated heterocycles. The lowest BCUT2D eigenvalue weighted by Crippen LogP contribution is -2.30. The molecule has 1 amide bonds. The van der Waals surface area contributed by atoms with Crippen molar-refractivity contribution >= 4 is 23.1 Å². The van der Waals surface area contributed by atoms with Gasteiger partial charge in [0.25, 0.3) is 11.7 Å². The van der Waals surface area contributed by atoms with E-state index in [4.69, 9.17) is 4.74 Å². The molecule has 1 heterocycles. The maximum atomic E-state index is 14.0. The van der Waals surface area contributed by atoms with Gasteiger partial charge in [0.1, 0.15) is 17.3 Å². The molecule has 0 spiro atoms. The van der Waals surface area contributed by atoms with Gasteiger partial charge < -0.3 is 9.84 Å². The smallest absolute Gasteiger partial charge is 0.300 e. The van der Waals surface area contributed by atoms with Crippen LogP contribution in [0.25, 0.3) is 5.76 Å². The summed E-state index contributed by atoms with van der Waals surface area (Å²) in [7, 11) is 1.38. The Balaban J connectivity index is 2.00. The zero-order valence-electron chi connectivity index (χ0n) is 17.9. The monoisotopic (exact) mass is 431 g/mol. The molecule has 3 aromatic carbocycles. The van der Waals surface area contributed by atoms with Crippen molar-refractivity contribution < 1.29 is 23.8 Å². The molecule has 4 rings (SSSR count). The van der Waals surface area contributed by atoms with Crippen LogP contribution in [0.1, 0.15) is 28.3 Å². The van der Waals surface area contributed by atoms with Crippen molar-refractivity contribution in [2.45, 2.75) is 19.9 Å². The van der Waals surface area contributed by atoms with Crippen molar-refractivity contribution in [3.05, 3.63) is 100 Å². The average Bonchev–Trinajstić information content (AvgIpc) is 3.04. The number of ether oxygens (including phenoxy) is 1. The number of anilines is 1. The molecule has 6 heteroatoms. The van der Waals surface area contributed by atoms with Crippen LogP contribution < -0.4 is 9.64 Å². The van der Waals surface area contributed by atoms with Gasteiger partial charge in [-0.25, -0.2) is 4.39 Å². The zero-order chi connectivity index (χ0) is 23.0. The summed E-state index contributed by atoms with van der Waals surface area (Å²) in [6.07, 6.45) is 0. The van der Waals surface area contributed by atoms with E-state index in [9.17, 15) is 19.1 Å². The molecule has 1 atom stereocenters. The molecule has 162 valence electrons. The van der Waals surface area contributed by atoms with Crippen LogP contribution in [-0.4, -0.2) is 23.9 Å². The molecule has 1 aliphatic heterocycles. The Morgan fingerprint density at radius 3 is 2.38 bits per heavy atom. The van der Waals surface area contributed by atoms with Gasteiger partial charge in [-0.3, -0.25) is 14.5 Å². The van der Waals surface area contributed by atoms with Crippen molar-refractivity contribution in [1.29, 1.82) is 0 Å². The van der Waals surface area contributed by atoms with E-state index < -0.39 is 29.3 Å². The fraction of sp³-hybridized carbons (Fsp3) is 0.154. The number of Topliss-reactive ketones (excluding diaryl/α,β-unsaturated/α-hetero) is 1. The highest BCUT2D eigenvalue weighted by atomic mass is 19.1. The van der Waals surface area contributed by atoms with Crippen molar-refractivity contribution in [1.82, 2.24) is 0 Å². The molecule has 0 saturated carbocycles. The SMILES string of the molecule is COc1ccc(F)cc1/C(O)=C1\C(=O)C(=O)N(c2ccc(C)cc2C)C1c1ccccc1. The van der Waals surface area contributed by atoms with Crippen LogP contribution in [-0.2, 0) is 9.59 Å². The standard InChI is InChI=1S/C26H22FNO4/c1-15-9-11-20(16(2)13-15)28-23(17-7-5-4-6-8-17)22(25(30)26(28)31)24(29)19-14-18(27)10-12-21(19)32-3/h4-14,23,29H,1-3H3/b24-22+. The van der Waals surface area contributed by atoms with E-state index in [2.05, 4.69) is 0 Å². The minimum Gasteiger partial charge on any atom is -0.507 e. The zero-order valence-corrected chi connectivity index (χ0v) is 17.9. The van der Waals surface area contributed by atoms with Crippen LogP contribution in [0.15, 0.2) is 72.3 Å². The third kappa shape index (κ3) is 3.54. The van der Waals surface area contributed by atoms with Gasteiger partial charge in [-0.1, -0.05) is 48.0 Å². The molecule has 0 bridgehead atoms. The highest BCUT2D eigenvalue weighted by molar-refractivity contribution is 6.51. The van der Waals surface area contributed by atoms with Crippen LogP contribution in [0.2, 0.25) is 0 Å². The first-order valence-electron chi connectivity index (χ1n) is 10.1. The molecule has 3 aromatic rings. The van der Waals surface area contributed by atoms with Crippen LogP contribution in [0.4, 0.5) is 10.1 Å². The van der Waals surface area contributed by atoms with Gasteiger partial charge in [0.05, 0.1) is 24.3 Å². The Labute approximate surface area is 185 Å². The fourth-order valence-electron chi connectivity index (χ4n) is 4.12. The van der Waals surface area contributed by atoms with Gasteiger partial charge in [0, 0.05) is 5.69 Å². The molecular formula is C26H22FNO4. The Bertz CT molecular complexity index is 1250. The number of benzene rings is 3. The van der Waals surface area contributed by atoms with Crippen molar-refractivity contribution in [3.63, 3.8) is 0 Å². The molecule has 1 aliphatic rings. The molecule has 0 radical (unpaired) electrons. The summed E-state index contributed by atoms with van der Waals surface area (Å²) >= 11 is 0. The Kier molecular flexibility index (Phi) is 5.53. The number of amides is 1. The van der Waals surface area contributed by atoms with E-state index in [0.29, 0.717) is 11.3 Å². The molecule has 0 aliphatic carbocycles. The highest BCUT2D eigenvalue weighted by Crippen LogP contribution is 2.44. The summed E-state index contributed by atoms with van der Waals surface area (Å²) in [5.41, 5.74) is 2.93. The first-order valence-corrected chi connectivity index (χ1v) is 10.1. The van der Waals surface area contributed by atoms with Crippen LogP contribution in [0, 0.1) is 19.7 Å². The second-order valence-corrected chi connectivity index (χ2v) is 7.71. The van der Waals surface area contributed by atoms with Gasteiger partial charge in [-0.05, 0) is 49.2 Å². The van der Waals surface area contributed by atoms with E-state index in [1.807, 2.05) is 32.0 Å². The molecular weight excluding hydrogens is 409 g/mol. The van der Waals surface area contributed by atoms with E-state index in [1.165, 1.54) is 24.1 Å². The second kappa shape index (κ2) is 8.30. The van der Waals surface area contributed by atoms with Crippen molar-refractivity contribution in [3.8, 4) is 5.75 Å². The second-order valence-electron chi connectivity index (χ2n) is 7.71. The number of nitrogens with zero attached hydrogens (tertiary/aromatic N) is 1. The van der Waals surface area contributed by atoms with E-state index in [-0.39, 0.29) is 16.9 Å². The number of hydrogen-bond acceptors (Lipinski definition) is 4. The number of halogens is 1. The number of carbonyl (C=O) groups is 2. The quantitative estimate of drug-likeness (QED) is 0.356. The normalized spacial score (nSPS) is 17.6. The number of carbonyl (C=O) groups excluding carboxylic acids is 2. The number of aliphatic hydroxyl groups is 1. The van der Waals surface area contributed by atoms with Crippen LogP contribution in [0.3, 0.4) is 0 Å². The van der Waals surface area contributed by atoms with Crippen LogP contribution in [0.5, 0.6) is 5.75 Å². The van der Waals surface area contributed by atoms with Gasteiger partial charge in [-0.2, -0.15) is 0 Å². The largest absolute Gasteiger partial charge is 0.507 e. The van der Waals surface area contributed by atoms with Gasteiger partial charge >= 0.3 is 0 Å². The first kappa shape index (κ1) is 21.3. The molecule has 1 fully saturated rings. The number of rotatable bonds is 4. The topological polar surface area (TPSA) is 66.8 Å². The fourth-order valence-corrected chi connectivity index (χ4v) is 4.12. The lowest BCUT2D eigenvalue weighted by atomic mass is 9.94. The first-order chi connectivity index (χ1) is 15.3. The Morgan fingerprint density at radius 2 is 1.72 bits per heavy atom. The number of aliphatic hydroxyl groups excluding tert-OH is 1. The maximum Gasteiger partial charge on any atom is 0.300 e. The minimum atomic E-state index is -0.884. The van der Waals surface area contributed by atoms with Crippen LogP contribution >= 0.6 is 0 Å². The predicted molar refractivity (Wildman–Crippen MR) is 120 cm³/mol. The molecule has 5 nitrogen and oxygen atoms in total. The number of ketones is 1. The summed E-state index contributed by atoms with van der Waals surface area (Å²) in [5, 5.41) is 11.2. The molecule has 32 heavy (non-hydrogen) atoms. The lowest BCUT2D eigenvalue weighted by Gasteiger charge is -2.27. The molecule has 0 aromatic heterocycles. The average molecular weight is 431 g/mol. The highest BCUT2D eigenvalue weighted by Gasteiger charge is 2.47. The maximum absolute atomic E-state index is 14.0.